The number of carbonyl (C=O) groups is 2. The lowest BCUT2D eigenvalue weighted by Gasteiger charge is -2.24. The summed E-state index contributed by atoms with van der Waals surface area (Å²) in [5, 5.41) is 13.6. The Bertz CT molecular complexity index is 1500. The Morgan fingerprint density at radius 2 is 1.75 bits per heavy atom. The van der Waals surface area contributed by atoms with Crippen LogP contribution in [0.1, 0.15) is 58.8 Å². The Labute approximate surface area is 219 Å². The molecule has 1 heterocycles. The van der Waals surface area contributed by atoms with Gasteiger partial charge in [-0.3, -0.25) is 9.59 Å². The molecule has 36 heavy (non-hydrogen) atoms. The predicted octanol–water partition coefficient (Wildman–Crippen LogP) is 7.04. The van der Waals surface area contributed by atoms with Crippen LogP contribution in [-0.4, -0.2) is 16.8 Å². The van der Waals surface area contributed by atoms with Crippen LogP contribution in [-0.2, 0) is 16.9 Å². The molecule has 0 fully saturated rings. The maximum atomic E-state index is 13.9. The highest BCUT2D eigenvalue weighted by atomic mass is 79.9. The number of Topliss-reactive ketones (excluding diaryl/α,β-unsaturated/α-hetero) is 1. The second-order valence-corrected chi connectivity index (χ2v) is 10.8. The average Bonchev–Trinajstić information content (AvgIpc) is 3.05. The van der Waals surface area contributed by atoms with Crippen molar-refractivity contribution in [1.29, 1.82) is 0 Å². The molecule has 1 atom stereocenters. The van der Waals surface area contributed by atoms with Crippen LogP contribution in [0.2, 0.25) is 0 Å². The number of hydrogen-bond acceptors (Lipinski definition) is 3. The minimum atomic E-state index is -1.95. The Hall–Kier alpha value is -3.28. The first-order chi connectivity index (χ1) is 17.2. The summed E-state index contributed by atoms with van der Waals surface area (Å²) in [5.41, 5.74) is 2.93. The van der Waals surface area contributed by atoms with E-state index in [-0.39, 0.29) is 12.2 Å². The quantitative estimate of drug-likeness (QED) is 0.266. The van der Waals surface area contributed by atoms with Gasteiger partial charge in [0, 0.05) is 15.6 Å². The van der Waals surface area contributed by atoms with E-state index in [0.29, 0.717) is 29.3 Å². The van der Waals surface area contributed by atoms with Crippen molar-refractivity contribution in [1.82, 2.24) is 0 Å². The van der Waals surface area contributed by atoms with Gasteiger partial charge in [-0.1, -0.05) is 90.4 Å². The number of rotatable bonds is 6. The number of amides is 1. The molecule has 4 aromatic carbocycles. The second-order valence-electron chi connectivity index (χ2n) is 9.88. The molecule has 0 saturated heterocycles. The first kappa shape index (κ1) is 24.4. The molecule has 0 aliphatic carbocycles. The van der Waals surface area contributed by atoms with Gasteiger partial charge >= 0.3 is 0 Å². The van der Waals surface area contributed by atoms with Crippen LogP contribution in [0.5, 0.6) is 0 Å². The summed E-state index contributed by atoms with van der Waals surface area (Å²) in [6.45, 7) is 6.63. The number of aryl methyl sites for hydroxylation is 1. The van der Waals surface area contributed by atoms with E-state index in [4.69, 9.17) is 0 Å². The molecule has 4 aromatic rings. The van der Waals surface area contributed by atoms with Gasteiger partial charge in [-0.15, -0.1) is 0 Å². The van der Waals surface area contributed by atoms with E-state index in [1.807, 2.05) is 55.5 Å². The summed E-state index contributed by atoms with van der Waals surface area (Å²) < 4.78 is 0.741. The number of fused-ring (bicyclic) bond motifs is 2. The Morgan fingerprint density at radius 1 is 1.00 bits per heavy atom. The predicted molar refractivity (Wildman–Crippen MR) is 147 cm³/mol. The van der Waals surface area contributed by atoms with E-state index in [1.54, 1.807) is 17.0 Å². The van der Waals surface area contributed by atoms with E-state index in [2.05, 4.69) is 48.0 Å². The zero-order valence-electron chi connectivity index (χ0n) is 20.6. The summed E-state index contributed by atoms with van der Waals surface area (Å²) >= 11 is 3.48. The summed E-state index contributed by atoms with van der Waals surface area (Å²) in [7, 11) is 0. The molecule has 5 heteroatoms. The van der Waals surface area contributed by atoms with Gasteiger partial charge in [-0.05, 0) is 58.5 Å². The number of anilines is 1. The molecule has 0 bridgehead atoms. The van der Waals surface area contributed by atoms with Gasteiger partial charge in [-0.25, -0.2) is 0 Å². The fourth-order valence-corrected chi connectivity index (χ4v) is 5.40. The molecule has 1 N–H and O–H groups in total. The molecule has 1 aliphatic rings. The Balaban J connectivity index is 1.54. The first-order valence-electron chi connectivity index (χ1n) is 12.1. The second kappa shape index (κ2) is 9.30. The zero-order chi connectivity index (χ0) is 25.6. The van der Waals surface area contributed by atoms with Crippen molar-refractivity contribution >= 4 is 44.1 Å². The maximum absolute atomic E-state index is 13.9. The number of carbonyl (C=O) groups excluding carboxylic acids is 2. The molecular weight excluding hydrogens is 514 g/mol. The number of benzene rings is 4. The zero-order valence-corrected chi connectivity index (χ0v) is 22.2. The normalized spacial score (nSPS) is 17.2. The maximum Gasteiger partial charge on any atom is 0.264 e. The third-order valence-electron chi connectivity index (χ3n) is 7.17. The summed E-state index contributed by atoms with van der Waals surface area (Å²) in [6.07, 6.45) is -0.329. The van der Waals surface area contributed by atoms with E-state index < -0.39 is 11.5 Å². The van der Waals surface area contributed by atoms with Crippen LogP contribution in [0.3, 0.4) is 0 Å². The van der Waals surface area contributed by atoms with Crippen molar-refractivity contribution in [2.75, 3.05) is 4.90 Å². The van der Waals surface area contributed by atoms with Gasteiger partial charge in [0.2, 0.25) is 0 Å². The SMILES string of the molecule is Cc1ccc(C(C)C)cc1CN1C(=O)C(O)(CC(=O)c2cccc3ccccc23)c2cc(Br)ccc21. The monoisotopic (exact) mass is 541 g/mol. The fraction of sp³-hybridized carbons (Fsp3) is 0.226. The van der Waals surface area contributed by atoms with Crippen molar-refractivity contribution in [3.63, 3.8) is 0 Å². The van der Waals surface area contributed by atoms with Crippen molar-refractivity contribution in [2.24, 2.45) is 0 Å². The number of aliphatic hydroxyl groups is 1. The first-order valence-corrected chi connectivity index (χ1v) is 12.9. The van der Waals surface area contributed by atoms with Crippen molar-refractivity contribution in [3.8, 4) is 0 Å². The van der Waals surface area contributed by atoms with Gasteiger partial charge in [0.05, 0.1) is 18.7 Å². The van der Waals surface area contributed by atoms with E-state index in [0.717, 1.165) is 26.4 Å². The van der Waals surface area contributed by atoms with Gasteiger partial charge in [0.15, 0.2) is 11.4 Å². The number of halogens is 1. The van der Waals surface area contributed by atoms with E-state index in [9.17, 15) is 14.7 Å². The largest absolute Gasteiger partial charge is 0.375 e. The lowest BCUT2D eigenvalue weighted by atomic mass is 9.87. The third kappa shape index (κ3) is 4.16. The minimum absolute atomic E-state index is 0.270. The number of nitrogens with zero attached hydrogens (tertiary/aromatic N) is 1. The van der Waals surface area contributed by atoms with Crippen LogP contribution in [0, 0.1) is 6.92 Å². The molecule has 0 aromatic heterocycles. The highest BCUT2D eigenvalue weighted by molar-refractivity contribution is 9.10. The van der Waals surface area contributed by atoms with E-state index >= 15 is 0 Å². The highest BCUT2D eigenvalue weighted by Crippen LogP contribution is 2.45. The molecular formula is C31H28BrNO3. The van der Waals surface area contributed by atoms with Crippen molar-refractivity contribution in [2.45, 2.75) is 45.3 Å². The standard InChI is InChI=1S/C31H28BrNO3/c1-19(2)22-12-11-20(3)23(15-22)18-33-28-14-13-24(32)16-27(28)31(36,30(33)35)17-29(34)26-10-6-8-21-7-4-5-9-25(21)26/h4-16,19,36H,17-18H2,1-3H3. The molecule has 1 amide bonds. The third-order valence-corrected chi connectivity index (χ3v) is 7.66. The number of ketones is 1. The van der Waals surface area contributed by atoms with Gasteiger partial charge in [-0.2, -0.15) is 0 Å². The molecule has 0 radical (unpaired) electrons. The van der Waals surface area contributed by atoms with Gasteiger partial charge in [0.1, 0.15) is 0 Å². The molecule has 4 nitrogen and oxygen atoms in total. The summed E-state index contributed by atoms with van der Waals surface area (Å²) in [4.78, 5) is 29.0. The smallest absolute Gasteiger partial charge is 0.264 e. The minimum Gasteiger partial charge on any atom is -0.375 e. The van der Waals surface area contributed by atoms with Gasteiger partial charge in [0.25, 0.3) is 5.91 Å². The van der Waals surface area contributed by atoms with Crippen molar-refractivity contribution in [3.05, 3.63) is 111 Å². The molecule has 1 unspecified atom stereocenters. The summed E-state index contributed by atoms with van der Waals surface area (Å²) in [5.74, 6) is -0.385. The lowest BCUT2D eigenvalue weighted by Crippen LogP contribution is -2.41. The van der Waals surface area contributed by atoms with Crippen LogP contribution in [0.25, 0.3) is 10.8 Å². The fourth-order valence-electron chi connectivity index (χ4n) is 5.04. The molecule has 1 aliphatic heterocycles. The Kier molecular flexibility index (Phi) is 6.31. The molecule has 182 valence electrons. The van der Waals surface area contributed by atoms with Crippen LogP contribution in [0.15, 0.2) is 83.3 Å². The van der Waals surface area contributed by atoms with Crippen LogP contribution < -0.4 is 4.90 Å². The topological polar surface area (TPSA) is 57.6 Å². The molecule has 5 rings (SSSR count). The number of hydrogen-bond donors (Lipinski definition) is 1. The van der Waals surface area contributed by atoms with Crippen LogP contribution in [0.4, 0.5) is 5.69 Å². The lowest BCUT2D eigenvalue weighted by molar-refractivity contribution is -0.136. The molecule has 0 saturated carbocycles. The van der Waals surface area contributed by atoms with Gasteiger partial charge < -0.3 is 10.0 Å². The van der Waals surface area contributed by atoms with Crippen molar-refractivity contribution < 1.29 is 14.7 Å². The van der Waals surface area contributed by atoms with E-state index in [1.165, 1.54) is 5.56 Å². The summed E-state index contributed by atoms with van der Waals surface area (Å²) in [6, 6.07) is 24.9. The average molecular weight is 542 g/mol. The van der Waals surface area contributed by atoms with Crippen LogP contribution >= 0.6 is 15.9 Å². The highest BCUT2D eigenvalue weighted by Gasteiger charge is 2.51. The Morgan fingerprint density at radius 3 is 2.53 bits per heavy atom. The molecule has 0 spiro atoms.